The van der Waals surface area contributed by atoms with Crippen molar-refractivity contribution in [3.8, 4) is 11.3 Å². The van der Waals surface area contributed by atoms with Gasteiger partial charge in [0.25, 0.3) is 0 Å². The molecule has 0 saturated carbocycles. The fourth-order valence-corrected chi connectivity index (χ4v) is 3.16. The second-order valence-electron chi connectivity index (χ2n) is 6.44. The van der Waals surface area contributed by atoms with E-state index in [1.165, 1.54) is 11.6 Å². The van der Waals surface area contributed by atoms with Crippen molar-refractivity contribution in [2.45, 2.75) is 26.7 Å². The molecule has 24 heavy (non-hydrogen) atoms. The summed E-state index contributed by atoms with van der Waals surface area (Å²) in [5.41, 5.74) is 4.07. The zero-order valence-electron chi connectivity index (χ0n) is 13.9. The predicted octanol–water partition coefficient (Wildman–Crippen LogP) is 5.64. The Morgan fingerprint density at radius 1 is 0.875 bits per heavy atom. The Hall–Kier alpha value is -2.81. The lowest BCUT2D eigenvalue weighted by Crippen LogP contribution is -1.99. The lowest BCUT2D eigenvalue weighted by Gasteiger charge is -2.09. The third-order valence-corrected chi connectivity index (χ3v) is 4.52. The average Bonchev–Trinajstić information content (AvgIpc) is 2.91. The molecule has 0 aliphatic heterocycles. The number of benzene rings is 2. The summed E-state index contributed by atoms with van der Waals surface area (Å²) in [6, 6.07) is 15.4. The van der Waals surface area contributed by atoms with Gasteiger partial charge in [0.15, 0.2) is 0 Å². The highest BCUT2D eigenvalue weighted by atomic mass is 16.4. The van der Waals surface area contributed by atoms with Gasteiger partial charge in [-0.1, -0.05) is 38.1 Å². The van der Waals surface area contributed by atoms with Crippen molar-refractivity contribution in [1.29, 1.82) is 0 Å². The maximum absolute atomic E-state index is 12.0. The Balaban J connectivity index is 2.09. The molecule has 4 rings (SSSR count). The molecule has 3 nitrogen and oxygen atoms in total. The van der Waals surface area contributed by atoms with E-state index in [1.54, 1.807) is 0 Å². The smallest absolute Gasteiger partial charge is 0.336 e. The minimum atomic E-state index is -0.366. The molecule has 2 aromatic carbocycles. The van der Waals surface area contributed by atoms with Gasteiger partial charge in [-0.15, -0.1) is 0 Å². The largest absolute Gasteiger partial charge is 0.456 e. The van der Waals surface area contributed by atoms with Crippen molar-refractivity contribution in [1.82, 2.24) is 0 Å². The first-order chi connectivity index (χ1) is 11.5. The molecule has 0 spiro atoms. The minimum Gasteiger partial charge on any atom is -0.456 e. The molecule has 0 aliphatic rings. The highest BCUT2D eigenvalue weighted by Crippen LogP contribution is 2.36. The maximum atomic E-state index is 12.0. The van der Waals surface area contributed by atoms with Crippen molar-refractivity contribution < 1.29 is 8.83 Å². The van der Waals surface area contributed by atoms with Crippen LogP contribution in [0.1, 0.15) is 30.9 Å². The van der Waals surface area contributed by atoms with E-state index < -0.39 is 0 Å². The van der Waals surface area contributed by atoms with Crippen molar-refractivity contribution in [3.05, 3.63) is 70.1 Å². The third-order valence-electron chi connectivity index (χ3n) is 4.52. The Bertz CT molecular complexity index is 1110. The number of furan rings is 1. The molecule has 4 aromatic rings. The van der Waals surface area contributed by atoms with Crippen LogP contribution in [0.15, 0.2) is 62.2 Å². The molecular formula is C21H18O3. The van der Waals surface area contributed by atoms with Gasteiger partial charge in [-0.3, -0.25) is 0 Å². The van der Waals surface area contributed by atoms with E-state index in [0.29, 0.717) is 11.5 Å². The first-order valence-electron chi connectivity index (χ1n) is 8.11. The summed E-state index contributed by atoms with van der Waals surface area (Å²) >= 11 is 0. The van der Waals surface area contributed by atoms with E-state index in [4.69, 9.17) is 8.83 Å². The Morgan fingerprint density at radius 3 is 2.38 bits per heavy atom. The van der Waals surface area contributed by atoms with Crippen molar-refractivity contribution in [2.75, 3.05) is 0 Å². The van der Waals surface area contributed by atoms with Gasteiger partial charge in [0.1, 0.15) is 16.9 Å². The van der Waals surface area contributed by atoms with Gasteiger partial charge in [0.2, 0.25) is 0 Å². The fraction of sp³-hybridized carbons (Fsp3) is 0.190. The van der Waals surface area contributed by atoms with E-state index in [1.807, 2.05) is 43.3 Å². The van der Waals surface area contributed by atoms with Crippen LogP contribution >= 0.6 is 0 Å². The number of aryl methyl sites for hydroxylation is 1. The van der Waals surface area contributed by atoms with E-state index in [-0.39, 0.29) is 5.63 Å². The van der Waals surface area contributed by atoms with Crippen molar-refractivity contribution in [3.63, 3.8) is 0 Å². The van der Waals surface area contributed by atoms with Crippen LogP contribution in [0.3, 0.4) is 0 Å². The Labute approximate surface area is 139 Å². The molecule has 0 unspecified atom stereocenters. The second kappa shape index (κ2) is 5.38. The predicted molar refractivity (Wildman–Crippen MR) is 96.5 cm³/mol. The van der Waals surface area contributed by atoms with Crippen LogP contribution in [0, 0.1) is 6.92 Å². The summed E-state index contributed by atoms with van der Waals surface area (Å²) in [4.78, 5) is 12.0. The van der Waals surface area contributed by atoms with E-state index in [9.17, 15) is 4.79 Å². The van der Waals surface area contributed by atoms with Gasteiger partial charge in [-0.2, -0.15) is 0 Å². The summed E-state index contributed by atoms with van der Waals surface area (Å²) in [6.45, 7) is 6.31. The van der Waals surface area contributed by atoms with Crippen LogP contribution in [0.4, 0.5) is 0 Å². The third kappa shape index (κ3) is 2.24. The number of hydrogen-bond acceptors (Lipinski definition) is 3. The van der Waals surface area contributed by atoms with Crippen molar-refractivity contribution >= 4 is 21.9 Å². The number of rotatable bonds is 2. The van der Waals surface area contributed by atoms with Gasteiger partial charge in [0, 0.05) is 28.0 Å². The molecule has 120 valence electrons. The molecule has 0 N–H and O–H groups in total. The lowest BCUT2D eigenvalue weighted by atomic mass is 9.98. The number of hydrogen-bond donors (Lipinski definition) is 0. The quantitative estimate of drug-likeness (QED) is 0.449. The Kier molecular flexibility index (Phi) is 3.31. The summed E-state index contributed by atoms with van der Waals surface area (Å²) in [7, 11) is 0. The standard InChI is InChI=1S/C21H18O3/c1-12(2)14-8-9-19-16(10-14)17(11-20(22)23-19)21-13(3)15-6-4-5-7-18(15)24-21/h4-12H,1-3H3. The highest BCUT2D eigenvalue weighted by Gasteiger charge is 2.17. The molecular weight excluding hydrogens is 300 g/mol. The summed E-state index contributed by atoms with van der Waals surface area (Å²) in [5, 5.41) is 1.97. The molecule has 0 radical (unpaired) electrons. The van der Waals surface area contributed by atoms with Crippen molar-refractivity contribution in [2.24, 2.45) is 0 Å². The van der Waals surface area contributed by atoms with E-state index in [0.717, 1.165) is 33.2 Å². The normalized spacial score (nSPS) is 11.7. The first-order valence-corrected chi connectivity index (χ1v) is 8.11. The summed E-state index contributed by atoms with van der Waals surface area (Å²) < 4.78 is 11.4. The monoisotopic (exact) mass is 318 g/mol. The summed E-state index contributed by atoms with van der Waals surface area (Å²) in [6.07, 6.45) is 0. The van der Waals surface area contributed by atoms with Gasteiger partial charge in [0.05, 0.1) is 0 Å². The van der Waals surface area contributed by atoms with E-state index in [2.05, 4.69) is 19.9 Å². The lowest BCUT2D eigenvalue weighted by molar-refractivity contribution is 0.559. The number of para-hydroxylation sites is 1. The molecule has 2 aromatic heterocycles. The molecule has 0 bridgehead atoms. The molecule has 0 atom stereocenters. The topological polar surface area (TPSA) is 43.4 Å². The van der Waals surface area contributed by atoms with Crippen LogP contribution in [0.2, 0.25) is 0 Å². The number of fused-ring (bicyclic) bond motifs is 2. The molecule has 0 amide bonds. The van der Waals surface area contributed by atoms with Gasteiger partial charge >= 0.3 is 5.63 Å². The maximum Gasteiger partial charge on any atom is 0.336 e. The average molecular weight is 318 g/mol. The van der Waals surface area contributed by atoms with Crippen LogP contribution in [-0.2, 0) is 0 Å². The fourth-order valence-electron chi connectivity index (χ4n) is 3.16. The van der Waals surface area contributed by atoms with E-state index >= 15 is 0 Å². The van der Waals surface area contributed by atoms with Crippen LogP contribution in [0.25, 0.3) is 33.3 Å². The van der Waals surface area contributed by atoms with Gasteiger partial charge in [-0.25, -0.2) is 4.79 Å². The van der Waals surface area contributed by atoms with Gasteiger partial charge in [-0.05, 0) is 36.6 Å². The summed E-state index contributed by atoms with van der Waals surface area (Å²) in [5.74, 6) is 1.13. The highest BCUT2D eigenvalue weighted by molar-refractivity contribution is 5.97. The first kappa shape index (κ1) is 14.8. The molecule has 0 aliphatic carbocycles. The van der Waals surface area contributed by atoms with Crippen LogP contribution < -0.4 is 5.63 Å². The minimum absolute atomic E-state index is 0.366. The Morgan fingerprint density at radius 2 is 1.62 bits per heavy atom. The molecule has 0 saturated heterocycles. The van der Waals surface area contributed by atoms with Crippen LogP contribution in [0.5, 0.6) is 0 Å². The molecule has 0 fully saturated rings. The SMILES string of the molecule is Cc1c(-c2cc(=O)oc3ccc(C(C)C)cc23)oc2ccccc12. The second-order valence-corrected chi connectivity index (χ2v) is 6.44. The van der Waals surface area contributed by atoms with Gasteiger partial charge < -0.3 is 8.83 Å². The molecule has 2 heterocycles. The van der Waals surface area contributed by atoms with Crippen LogP contribution in [-0.4, -0.2) is 0 Å². The zero-order valence-corrected chi connectivity index (χ0v) is 13.9. The zero-order chi connectivity index (χ0) is 16.8. The molecule has 3 heteroatoms.